The van der Waals surface area contributed by atoms with Gasteiger partial charge in [0, 0.05) is 12.1 Å². The summed E-state index contributed by atoms with van der Waals surface area (Å²) in [5.74, 6) is -1.49. The molecule has 0 aromatic carbocycles. The van der Waals surface area contributed by atoms with Crippen molar-refractivity contribution in [3.05, 3.63) is 37.0 Å². The number of likely N-dealkylation sites (N-methyl/N-ethyl adjacent to an activating group) is 1. The first-order valence-electron chi connectivity index (χ1n) is 6.66. The van der Waals surface area contributed by atoms with E-state index < -0.39 is 23.9 Å². The Kier molecular flexibility index (Phi) is 9.20. The second-order valence-electron chi connectivity index (χ2n) is 4.69. The Hall–Kier alpha value is -2.41. The molecular weight excluding hydrogens is 286 g/mol. The molecule has 7 heteroatoms. The van der Waals surface area contributed by atoms with Crippen LogP contribution >= 0.6 is 0 Å². The molecule has 22 heavy (non-hydrogen) atoms. The summed E-state index contributed by atoms with van der Waals surface area (Å²) >= 11 is 0. The average Bonchev–Trinajstić information content (AvgIpc) is 2.45. The maximum Gasteiger partial charge on any atom is 0.333 e. The van der Waals surface area contributed by atoms with Gasteiger partial charge >= 0.3 is 5.97 Å². The Balaban J connectivity index is 4.78. The van der Waals surface area contributed by atoms with Gasteiger partial charge in [0.15, 0.2) is 0 Å². The summed E-state index contributed by atoms with van der Waals surface area (Å²) in [6.45, 7) is 9.03. The van der Waals surface area contributed by atoms with Crippen molar-refractivity contribution in [1.82, 2.24) is 15.5 Å². The zero-order valence-corrected chi connectivity index (χ0v) is 13.2. The fourth-order valence-electron chi connectivity index (χ4n) is 1.30. The van der Waals surface area contributed by atoms with Gasteiger partial charge < -0.3 is 20.3 Å². The molecule has 0 aliphatic rings. The van der Waals surface area contributed by atoms with Crippen LogP contribution in [-0.2, 0) is 19.1 Å². The van der Waals surface area contributed by atoms with Crippen molar-refractivity contribution in [2.24, 2.45) is 0 Å². The SMILES string of the molecule is C=CC(=O)NC(C=C(C)C(=O)OCCN(C)C)NC(=O)C=C. The van der Waals surface area contributed by atoms with Gasteiger partial charge in [-0.2, -0.15) is 0 Å². The fourth-order valence-corrected chi connectivity index (χ4v) is 1.30. The number of amides is 2. The van der Waals surface area contributed by atoms with Gasteiger partial charge in [-0.1, -0.05) is 13.2 Å². The molecule has 0 unspecified atom stereocenters. The Morgan fingerprint density at radius 2 is 1.64 bits per heavy atom. The Bertz CT molecular complexity index is 447. The number of ether oxygens (including phenoxy) is 1. The number of nitrogens with one attached hydrogen (secondary N) is 2. The molecule has 0 aromatic heterocycles. The standard InChI is InChI=1S/C15H23N3O4/c1-6-13(19)16-12(17-14(20)7-2)10-11(3)15(21)22-9-8-18(4)5/h6-7,10,12H,1-2,8-9H2,3-5H3,(H,16,19)(H,17,20). The van der Waals surface area contributed by atoms with Crippen LogP contribution in [0.15, 0.2) is 37.0 Å². The highest BCUT2D eigenvalue weighted by molar-refractivity contribution is 5.91. The maximum atomic E-state index is 11.8. The first-order valence-corrected chi connectivity index (χ1v) is 6.66. The van der Waals surface area contributed by atoms with E-state index in [1.165, 1.54) is 13.0 Å². The normalized spacial score (nSPS) is 11.0. The summed E-state index contributed by atoms with van der Waals surface area (Å²) < 4.78 is 5.06. The number of hydrogen-bond acceptors (Lipinski definition) is 5. The second-order valence-corrected chi connectivity index (χ2v) is 4.69. The minimum atomic E-state index is -0.864. The molecule has 0 atom stereocenters. The van der Waals surface area contributed by atoms with Crippen molar-refractivity contribution in [3.63, 3.8) is 0 Å². The van der Waals surface area contributed by atoms with E-state index in [9.17, 15) is 14.4 Å². The molecule has 0 aliphatic carbocycles. The zero-order chi connectivity index (χ0) is 17.1. The van der Waals surface area contributed by atoms with E-state index in [1.807, 2.05) is 19.0 Å². The summed E-state index contributed by atoms with van der Waals surface area (Å²) in [6.07, 6.45) is 2.65. The van der Waals surface area contributed by atoms with Gasteiger partial charge in [0.1, 0.15) is 12.8 Å². The molecule has 0 saturated carbocycles. The quantitative estimate of drug-likeness (QED) is 0.355. The van der Waals surface area contributed by atoms with E-state index in [0.717, 1.165) is 12.2 Å². The lowest BCUT2D eigenvalue weighted by Gasteiger charge is -2.16. The van der Waals surface area contributed by atoms with Crippen molar-refractivity contribution in [1.29, 1.82) is 0 Å². The van der Waals surface area contributed by atoms with Gasteiger partial charge in [0.25, 0.3) is 0 Å². The number of esters is 1. The van der Waals surface area contributed by atoms with Crippen molar-refractivity contribution < 1.29 is 19.1 Å². The highest BCUT2D eigenvalue weighted by Gasteiger charge is 2.13. The minimum Gasteiger partial charge on any atom is -0.461 e. The predicted molar refractivity (Wildman–Crippen MR) is 83.7 cm³/mol. The highest BCUT2D eigenvalue weighted by atomic mass is 16.5. The lowest BCUT2D eigenvalue weighted by atomic mass is 10.2. The van der Waals surface area contributed by atoms with Gasteiger partial charge in [-0.3, -0.25) is 9.59 Å². The molecule has 0 bridgehead atoms. The van der Waals surface area contributed by atoms with E-state index in [0.29, 0.717) is 6.54 Å². The first kappa shape index (κ1) is 19.6. The van der Waals surface area contributed by atoms with Crippen LogP contribution < -0.4 is 10.6 Å². The lowest BCUT2D eigenvalue weighted by Crippen LogP contribution is -2.46. The van der Waals surface area contributed by atoms with Crippen LogP contribution in [0.1, 0.15) is 6.92 Å². The van der Waals surface area contributed by atoms with Crippen LogP contribution in [0, 0.1) is 0 Å². The van der Waals surface area contributed by atoms with E-state index in [2.05, 4.69) is 23.8 Å². The molecule has 0 rings (SSSR count). The molecule has 2 N–H and O–H groups in total. The third-order valence-electron chi connectivity index (χ3n) is 2.48. The van der Waals surface area contributed by atoms with Gasteiger partial charge in [0.2, 0.25) is 11.8 Å². The molecule has 7 nitrogen and oxygen atoms in total. The van der Waals surface area contributed by atoms with Crippen molar-refractivity contribution >= 4 is 17.8 Å². The third kappa shape index (κ3) is 8.70. The second kappa shape index (κ2) is 10.3. The largest absolute Gasteiger partial charge is 0.461 e. The van der Waals surface area contributed by atoms with Crippen molar-refractivity contribution in [3.8, 4) is 0 Å². The van der Waals surface area contributed by atoms with Crippen LogP contribution in [0.25, 0.3) is 0 Å². The van der Waals surface area contributed by atoms with E-state index in [1.54, 1.807) is 0 Å². The van der Waals surface area contributed by atoms with Gasteiger partial charge in [0.05, 0.1) is 0 Å². The topological polar surface area (TPSA) is 87.7 Å². The molecule has 0 aliphatic heterocycles. The number of carbonyl (C=O) groups excluding carboxylic acids is 3. The van der Waals surface area contributed by atoms with Crippen LogP contribution in [0.3, 0.4) is 0 Å². The lowest BCUT2D eigenvalue weighted by molar-refractivity contribution is -0.139. The Morgan fingerprint density at radius 3 is 2.05 bits per heavy atom. The summed E-state index contributed by atoms with van der Waals surface area (Å²) in [5.41, 5.74) is 0.262. The third-order valence-corrected chi connectivity index (χ3v) is 2.48. The Morgan fingerprint density at radius 1 is 1.14 bits per heavy atom. The fraction of sp³-hybridized carbons (Fsp3) is 0.400. The van der Waals surface area contributed by atoms with Crippen molar-refractivity contribution in [2.75, 3.05) is 27.2 Å². The van der Waals surface area contributed by atoms with Crippen LogP contribution in [0.5, 0.6) is 0 Å². The number of rotatable bonds is 9. The molecule has 0 saturated heterocycles. The van der Waals surface area contributed by atoms with Gasteiger partial charge in [-0.05, 0) is 39.2 Å². The number of nitrogens with zero attached hydrogens (tertiary/aromatic N) is 1. The van der Waals surface area contributed by atoms with Crippen LogP contribution in [0.2, 0.25) is 0 Å². The van der Waals surface area contributed by atoms with E-state index >= 15 is 0 Å². The molecular formula is C15H23N3O4. The molecule has 2 amide bonds. The molecule has 0 spiro atoms. The van der Waals surface area contributed by atoms with Gasteiger partial charge in [-0.15, -0.1) is 0 Å². The van der Waals surface area contributed by atoms with Crippen molar-refractivity contribution in [2.45, 2.75) is 13.1 Å². The first-order chi connectivity index (χ1) is 10.3. The number of carbonyl (C=O) groups is 3. The highest BCUT2D eigenvalue weighted by Crippen LogP contribution is 1.99. The van der Waals surface area contributed by atoms with E-state index in [-0.39, 0.29) is 12.2 Å². The molecule has 0 aromatic rings. The summed E-state index contributed by atoms with van der Waals surface area (Å²) in [7, 11) is 3.73. The number of hydrogen-bond donors (Lipinski definition) is 2. The smallest absolute Gasteiger partial charge is 0.333 e. The molecule has 0 fully saturated rings. The van der Waals surface area contributed by atoms with Gasteiger partial charge in [-0.25, -0.2) is 4.79 Å². The van der Waals surface area contributed by atoms with E-state index in [4.69, 9.17) is 4.74 Å². The van der Waals surface area contributed by atoms with Crippen LogP contribution in [0.4, 0.5) is 0 Å². The average molecular weight is 309 g/mol. The maximum absolute atomic E-state index is 11.8. The molecule has 0 heterocycles. The van der Waals surface area contributed by atoms with Crippen LogP contribution in [-0.4, -0.2) is 56.1 Å². The molecule has 122 valence electrons. The predicted octanol–water partition coefficient (Wildman–Crippen LogP) is -0.0320. The summed E-state index contributed by atoms with van der Waals surface area (Å²) in [6, 6.07) is 0. The minimum absolute atomic E-state index is 0.250. The molecule has 0 radical (unpaired) electrons. The summed E-state index contributed by atoms with van der Waals surface area (Å²) in [5, 5.41) is 4.93. The Labute approximate surface area is 130 Å². The monoisotopic (exact) mass is 309 g/mol. The summed E-state index contributed by atoms with van der Waals surface area (Å²) in [4.78, 5) is 36.3. The zero-order valence-electron chi connectivity index (χ0n) is 13.2.